The third-order valence-electron chi connectivity index (χ3n) is 6.03. The predicted molar refractivity (Wildman–Crippen MR) is 114 cm³/mol. The Morgan fingerprint density at radius 2 is 1.55 bits per heavy atom. The number of aryl methyl sites for hydroxylation is 1. The van der Waals surface area contributed by atoms with E-state index in [2.05, 4.69) is 29.2 Å². The van der Waals surface area contributed by atoms with Gasteiger partial charge in [-0.3, -0.25) is 4.79 Å². The number of hydrogen-bond donors (Lipinski definition) is 1. The first-order valence-corrected chi connectivity index (χ1v) is 11.3. The first-order chi connectivity index (χ1) is 14.2. The molecule has 0 unspecified atom stereocenters. The highest BCUT2D eigenvalue weighted by Gasteiger charge is 2.55. The van der Waals surface area contributed by atoms with Crippen LogP contribution in [-0.4, -0.2) is 21.2 Å². The van der Waals surface area contributed by atoms with Crippen LogP contribution in [0, 0.1) is 0 Å². The molecule has 1 saturated carbocycles. The molecule has 0 saturated heterocycles. The summed E-state index contributed by atoms with van der Waals surface area (Å²) < 4.78 is 5.31. The summed E-state index contributed by atoms with van der Waals surface area (Å²) in [6, 6.07) is 8.20. The number of aromatic nitrogens is 2. The molecule has 1 heterocycles. The average molecular weight is 399 g/mol. The van der Waals surface area contributed by atoms with E-state index in [9.17, 15) is 9.90 Å². The van der Waals surface area contributed by atoms with Crippen LogP contribution in [0.2, 0.25) is 0 Å². The monoisotopic (exact) mass is 398 g/mol. The van der Waals surface area contributed by atoms with Crippen molar-refractivity contribution in [2.45, 2.75) is 95.8 Å². The van der Waals surface area contributed by atoms with E-state index in [1.807, 2.05) is 12.1 Å². The zero-order valence-corrected chi connectivity index (χ0v) is 17.7. The van der Waals surface area contributed by atoms with Crippen LogP contribution >= 0.6 is 0 Å². The number of carbonyl (C=O) groups is 1. The number of benzene rings is 1. The quantitative estimate of drug-likeness (QED) is 0.377. The van der Waals surface area contributed by atoms with Crippen molar-refractivity contribution in [3.8, 4) is 11.5 Å². The summed E-state index contributed by atoms with van der Waals surface area (Å²) in [4.78, 5) is 15.7. The van der Waals surface area contributed by atoms with Gasteiger partial charge in [-0.1, -0.05) is 82.0 Å². The second kappa shape index (κ2) is 10.6. The molecule has 0 bridgehead atoms. The normalized spacial score (nSPS) is 14.8. The number of carboxylic acids is 1. The number of rotatable bonds is 14. The van der Waals surface area contributed by atoms with Crippen LogP contribution in [0.15, 0.2) is 28.8 Å². The van der Waals surface area contributed by atoms with Crippen LogP contribution in [0.4, 0.5) is 0 Å². The van der Waals surface area contributed by atoms with Crippen LogP contribution in [-0.2, 0) is 16.6 Å². The molecule has 1 fully saturated rings. The minimum atomic E-state index is -0.919. The Morgan fingerprint density at radius 3 is 2.10 bits per heavy atom. The topological polar surface area (TPSA) is 76.2 Å². The standard InChI is InChI=1S/C24H34N2O3/c1-2-3-4-5-6-7-8-9-10-11-12-19-13-15-20(16-14-19)21-25-22(26-29-21)24(17-18-24)23(27)28/h13-16H,2-12,17-18H2,1H3,(H,27,28). The summed E-state index contributed by atoms with van der Waals surface area (Å²) in [6.45, 7) is 2.26. The molecule has 1 aliphatic carbocycles. The number of hydrogen-bond acceptors (Lipinski definition) is 4. The van der Waals surface area contributed by atoms with Crippen LogP contribution in [0.5, 0.6) is 0 Å². The van der Waals surface area contributed by atoms with E-state index < -0.39 is 11.4 Å². The lowest BCUT2D eigenvalue weighted by Crippen LogP contribution is -2.20. The Bertz CT molecular complexity index is 763. The summed E-state index contributed by atoms with van der Waals surface area (Å²) in [7, 11) is 0. The lowest BCUT2D eigenvalue weighted by Gasteiger charge is -2.04. The van der Waals surface area contributed by atoms with Gasteiger partial charge in [-0.2, -0.15) is 4.98 Å². The third-order valence-corrected chi connectivity index (χ3v) is 6.03. The fourth-order valence-corrected chi connectivity index (χ4v) is 3.82. The lowest BCUT2D eigenvalue weighted by atomic mass is 10.0. The molecule has 5 nitrogen and oxygen atoms in total. The number of nitrogens with zero attached hydrogens (tertiary/aromatic N) is 2. The smallest absolute Gasteiger partial charge is 0.317 e. The summed E-state index contributed by atoms with van der Waals surface area (Å²) in [5, 5.41) is 13.3. The van der Waals surface area contributed by atoms with Crippen molar-refractivity contribution >= 4 is 5.97 Å². The van der Waals surface area contributed by atoms with Gasteiger partial charge in [0.1, 0.15) is 5.41 Å². The minimum Gasteiger partial charge on any atom is -0.480 e. The predicted octanol–water partition coefficient (Wildman–Crippen LogP) is 6.32. The minimum absolute atomic E-state index is 0.300. The van der Waals surface area contributed by atoms with Gasteiger partial charge in [-0.05, 0) is 43.4 Å². The van der Waals surface area contributed by atoms with Gasteiger partial charge in [0, 0.05) is 5.56 Å². The van der Waals surface area contributed by atoms with Gasteiger partial charge < -0.3 is 9.63 Å². The molecule has 0 aliphatic heterocycles. The summed E-state index contributed by atoms with van der Waals surface area (Å²) in [5.41, 5.74) is 1.24. The Kier molecular flexibility index (Phi) is 7.84. The molecule has 2 aromatic rings. The lowest BCUT2D eigenvalue weighted by molar-refractivity contribution is -0.140. The van der Waals surface area contributed by atoms with E-state index in [4.69, 9.17) is 4.52 Å². The fraction of sp³-hybridized carbons (Fsp3) is 0.625. The summed E-state index contributed by atoms with van der Waals surface area (Å²) in [5.74, 6) is -0.163. The molecule has 1 aromatic carbocycles. The Morgan fingerprint density at radius 1 is 0.966 bits per heavy atom. The van der Waals surface area contributed by atoms with E-state index in [0.29, 0.717) is 24.6 Å². The first-order valence-electron chi connectivity index (χ1n) is 11.3. The zero-order valence-electron chi connectivity index (χ0n) is 17.7. The molecular weight excluding hydrogens is 364 g/mol. The van der Waals surface area contributed by atoms with Crippen molar-refractivity contribution in [2.24, 2.45) is 0 Å². The van der Waals surface area contributed by atoms with Crippen molar-refractivity contribution in [3.63, 3.8) is 0 Å². The highest BCUT2D eigenvalue weighted by Crippen LogP contribution is 2.47. The van der Waals surface area contributed by atoms with Crippen molar-refractivity contribution < 1.29 is 14.4 Å². The molecule has 1 aliphatic rings. The van der Waals surface area contributed by atoms with Gasteiger partial charge in [-0.25, -0.2) is 0 Å². The molecule has 158 valence electrons. The molecule has 29 heavy (non-hydrogen) atoms. The Hall–Kier alpha value is -2.17. The van der Waals surface area contributed by atoms with Gasteiger partial charge in [0.25, 0.3) is 5.89 Å². The summed E-state index contributed by atoms with van der Waals surface area (Å²) in [6.07, 6.45) is 15.8. The fourth-order valence-electron chi connectivity index (χ4n) is 3.82. The SMILES string of the molecule is CCCCCCCCCCCCc1ccc(-c2nc(C3(C(=O)O)CC3)no2)cc1. The number of aliphatic carboxylic acids is 1. The van der Waals surface area contributed by atoms with Crippen LogP contribution in [0.1, 0.15) is 95.4 Å². The molecule has 1 N–H and O–H groups in total. The van der Waals surface area contributed by atoms with E-state index in [1.165, 1.54) is 69.8 Å². The Labute approximate surface area is 173 Å². The molecule has 0 atom stereocenters. The van der Waals surface area contributed by atoms with E-state index in [0.717, 1.165) is 12.0 Å². The number of unbranched alkanes of at least 4 members (excludes halogenated alkanes) is 9. The van der Waals surface area contributed by atoms with E-state index in [1.54, 1.807) is 0 Å². The maximum Gasteiger partial charge on any atom is 0.317 e. The molecule has 0 amide bonds. The van der Waals surface area contributed by atoms with Gasteiger partial charge in [0.05, 0.1) is 0 Å². The molecule has 0 radical (unpaired) electrons. The van der Waals surface area contributed by atoms with Crippen molar-refractivity contribution in [1.29, 1.82) is 0 Å². The molecule has 0 spiro atoms. The van der Waals surface area contributed by atoms with Crippen LogP contribution in [0.3, 0.4) is 0 Å². The molecule has 5 heteroatoms. The van der Waals surface area contributed by atoms with Crippen LogP contribution < -0.4 is 0 Å². The van der Waals surface area contributed by atoms with Crippen LogP contribution in [0.25, 0.3) is 11.5 Å². The maximum absolute atomic E-state index is 11.4. The van der Waals surface area contributed by atoms with Gasteiger partial charge in [0.15, 0.2) is 5.82 Å². The van der Waals surface area contributed by atoms with Gasteiger partial charge >= 0.3 is 5.97 Å². The molecule has 3 rings (SSSR count). The second-order valence-electron chi connectivity index (χ2n) is 8.44. The Balaban J connectivity index is 1.36. The van der Waals surface area contributed by atoms with E-state index in [-0.39, 0.29) is 0 Å². The van der Waals surface area contributed by atoms with Crippen molar-refractivity contribution in [3.05, 3.63) is 35.7 Å². The molecule has 1 aromatic heterocycles. The largest absolute Gasteiger partial charge is 0.480 e. The van der Waals surface area contributed by atoms with Crippen molar-refractivity contribution in [2.75, 3.05) is 0 Å². The van der Waals surface area contributed by atoms with Gasteiger partial charge in [-0.15, -0.1) is 0 Å². The van der Waals surface area contributed by atoms with Gasteiger partial charge in [0.2, 0.25) is 0 Å². The number of carboxylic acid groups (broad SMARTS) is 1. The van der Waals surface area contributed by atoms with Crippen molar-refractivity contribution in [1.82, 2.24) is 10.1 Å². The first kappa shape index (κ1) is 21.5. The third kappa shape index (κ3) is 5.91. The highest BCUT2D eigenvalue weighted by atomic mass is 16.5. The summed E-state index contributed by atoms with van der Waals surface area (Å²) >= 11 is 0. The highest BCUT2D eigenvalue weighted by molar-refractivity contribution is 5.83. The molecular formula is C24H34N2O3. The zero-order chi connectivity index (χ0) is 20.5. The maximum atomic E-state index is 11.4. The second-order valence-corrected chi connectivity index (χ2v) is 8.44. The van der Waals surface area contributed by atoms with E-state index >= 15 is 0 Å². The average Bonchev–Trinajstić information content (AvgIpc) is 3.40.